The first-order chi connectivity index (χ1) is 14.0. The van der Waals surface area contributed by atoms with Crippen molar-refractivity contribution in [3.63, 3.8) is 0 Å². The summed E-state index contributed by atoms with van der Waals surface area (Å²) >= 11 is 0. The molecule has 0 spiro atoms. The summed E-state index contributed by atoms with van der Waals surface area (Å²) in [5.41, 5.74) is 2.86. The van der Waals surface area contributed by atoms with Crippen LogP contribution in [0.5, 0.6) is 0 Å². The Hall–Kier alpha value is -2.37. The summed E-state index contributed by atoms with van der Waals surface area (Å²) in [7, 11) is 1.66. The molecule has 0 saturated carbocycles. The molecule has 1 N–H and O–H groups in total. The van der Waals surface area contributed by atoms with E-state index in [9.17, 15) is 17.6 Å². The number of aliphatic imine (C=N–C) groups is 1. The molecule has 164 valence electrons. The summed E-state index contributed by atoms with van der Waals surface area (Å²) in [5.74, 6) is 0.266. The predicted octanol–water partition coefficient (Wildman–Crippen LogP) is 6.71. The lowest BCUT2D eigenvalue weighted by Crippen LogP contribution is -2.34. The minimum atomic E-state index is -4.28. The maximum absolute atomic E-state index is 15.0. The molecule has 0 atom stereocenters. The Kier molecular flexibility index (Phi) is 7.67. The van der Waals surface area contributed by atoms with Crippen LogP contribution in [-0.2, 0) is 19.4 Å². The highest BCUT2D eigenvalue weighted by Crippen LogP contribution is 2.33. The van der Waals surface area contributed by atoms with Gasteiger partial charge in [0.2, 0.25) is 0 Å². The van der Waals surface area contributed by atoms with Gasteiger partial charge in [0.15, 0.2) is 0 Å². The third kappa shape index (κ3) is 6.31. The van der Waals surface area contributed by atoms with E-state index in [1.807, 2.05) is 52.0 Å². The zero-order valence-electron chi connectivity index (χ0n) is 18.3. The Bertz CT molecular complexity index is 893. The molecule has 0 aromatic heterocycles. The lowest BCUT2D eigenvalue weighted by atomic mass is 9.90. The fourth-order valence-electron chi connectivity index (χ4n) is 3.49. The van der Waals surface area contributed by atoms with Gasteiger partial charge in [0.25, 0.3) is 0 Å². The van der Waals surface area contributed by atoms with Crippen LogP contribution in [0, 0.1) is 11.2 Å². The summed E-state index contributed by atoms with van der Waals surface area (Å²) in [6.07, 6.45) is -4.71. The molecular weight excluding hydrogens is 392 g/mol. The van der Waals surface area contributed by atoms with Gasteiger partial charge in [-0.15, -0.1) is 0 Å². The first-order valence-corrected chi connectivity index (χ1v) is 10.1. The minimum Gasteiger partial charge on any atom is -0.369 e. The Labute approximate surface area is 176 Å². The predicted molar refractivity (Wildman–Crippen MR) is 115 cm³/mol. The van der Waals surface area contributed by atoms with E-state index >= 15 is 0 Å². The van der Waals surface area contributed by atoms with Crippen molar-refractivity contribution in [1.82, 2.24) is 5.32 Å². The van der Waals surface area contributed by atoms with E-state index in [1.165, 1.54) is 6.07 Å². The van der Waals surface area contributed by atoms with E-state index in [0.717, 1.165) is 11.1 Å². The number of halogens is 4. The second-order valence-corrected chi connectivity index (χ2v) is 8.40. The van der Waals surface area contributed by atoms with Crippen LogP contribution in [0.15, 0.2) is 41.4 Å². The fourth-order valence-corrected chi connectivity index (χ4v) is 3.49. The van der Waals surface area contributed by atoms with Crippen LogP contribution in [0.3, 0.4) is 0 Å². The van der Waals surface area contributed by atoms with E-state index in [4.69, 9.17) is 0 Å². The second-order valence-electron chi connectivity index (χ2n) is 8.40. The van der Waals surface area contributed by atoms with Gasteiger partial charge < -0.3 is 5.32 Å². The molecular formula is C24H30F4N2. The van der Waals surface area contributed by atoms with Gasteiger partial charge in [-0.05, 0) is 41.2 Å². The SMILES string of the molecule is CCc1ccccc1-c1cc(F)c(CNC(=NC)C(C)(C)C)cc1CCC(F)(F)F. The largest absolute Gasteiger partial charge is 0.389 e. The molecule has 6 heteroatoms. The number of benzene rings is 2. The highest BCUT2D eigenvalue weighted by molar-refractivity contribution is 5.87. The van der Waals surface area contributed by atoms with Gasteiger partial charge in [0.1, 0.15) is 11.7 Å². The number of nitrogens with one attached hydrogen (secondary N) is 1. The van der Waals surface area contributed by atoms with Gasteiger partial charge in [0.05, 0.1) is 0 Å². The maximum atomic E-state index is 15.0. The highest BCUT2D eigenvalue weighted by Gasteiger charge is 2.28. The van der Waals surface area contributed by atoms with Crippen LogP contribution in [0.1, 0.15) is 50.8 Å². The number of hydrogen-bond acceptors (Lipinski definition) is 1. The zero-order valence-corrected chi connectivity index (χ0v) is 18.3. The molecule has 2 rings (SSSR count). The van der Waals surface area contributed by atoms with Crippen LogP contribution in [0.25, 0.3) is 11.1 Å². The van der Waals surface area contributed by atoms with Crippen molar-refractivity contribution in [2.75, 3.05) is 7.05 Å². The van der Waals surface area contributed by atoms with Gasteiger partial charge in [-0.2, -0.15) is 13.2 Å². The molecule has 2 aromatic carbocycles. The molecule has 2 aromatic rings. The summed E-state index contributed by atoms with van der Waals surface area (Å²) in [4.78, 5) is 4.22. The summed E-state index contributed by atoms with van der Waals surface area (Å²) in [6, 6.07) is 10.4. The topological polar surface area (TPSA) is 24.4 Å². The third-order valence-electron chi connectivity index (χ3n) is 5.02. The van der Waals surface area contributed by atoms with Crippen molar-refractivity contribution in [3.8, 4) is 11.1 Å². The summed E-state index contributed by atoms with van der Waals surface area (Å²) in [5, 5.41) is 3.14. The lowest BCUT2D eigenvalue weighted by molar-refractivity contribution is -0.133. The average Bonchev–Trinajstić information content (AvgIpc) is 2.66. The van der Waals surface area contributed by atoms with Gasteiger partial charge in [-0.25, -0.2) is 4.39 Å². The fraction of sp³-hybridized carbons (Fsp3) is 0.458. The van der Waals surface area contributed by atoms with Crippen molar-refractivity contribution >= 4 is 5.84 Å². The molecule has 0 amide bonds. The summed E-state index contributed by atoms with van der Waals surface area (Å²) < 4.78 is 53.8. The van der Waals surface area contributed by atoms with Crippen LogP contribution in [0.4, 0.5) is 17.6 Å². The van der Waals surface area contributed by atoms with E-state index in [-0.39, 0.29) is 18.4 Å². The van der Waals surface area contributed by atoms with Gasteiger partial charge >= 0.3 is 6.18 Å². The molecule has 0 radical (unpaired) electrons. The molecule has 0 aliphatic carbocycles. The first kappa shape index (κ1) is 23.9. The normalized spacial score (nSPS) is 12.9. The Balaban J connectivity index is 2.47. The number of aryl methyl sites for hydroxylation is 2. The quantitative estimate of drug-likeness (QED) is 0.312. The number of amidine groups is 1. The Morgan fingerprint density at radius 3 is 2.20 bits per heavy atom. The van der Waals surface area contributed by atoms with E-state index < -0.39 is 18.4 Å². The van der Waals surface area contributed by atoms with Crippen molar-refractivity contribution in [2.24, 2.45) is 10.4 Å². The lowest BCUT2D eigenvalue weighted by Gasteiger charge is -2.23. The van der Waals surface area contributed by atoms with Crippen LogP contribution >= 0.6 is 0 Å². The summed E-state index contributed by atoms with van der Waals surface area (Å²) in [6.45, 7) is 8.08. The van der Waals surface area contributed by atoms with Crippen molar-refractivity contribution in [2.45, 2.75) is 59.7 Å². The molecule has 0 aliphatic heterocycles. The second kappa shape index (κ2) is 9.63. The van der Waals surface area contributed by atoms with E-state index in [2.05, 4.69) is 10.3 Å². The van der Waals surface area contributed by atoms with Crippen LogP contribution in [-0.4, -0.2) is 19.1 Å². The molecule has 2 nitrogen and oxygen atoms in total. The smallest absolute Gasteiger partial charge is 0.369 e. The minimum absolute atomic E-state index is 0.157. The van der Waals surface area contributed by atoms with Crippen molar-refractivity contribution in [1.29, 1.82) is 0 Å². The van der Waals surface area contributed by atoms with E-state index in [1.54, 1.807) is 13.1 Å². The van der Waals surface area contributed by atoms with Gasteiger partial charge in [-0.3, -0.25) is 4.99 Å². The Morgan fingerprint density at radius 1 is 0.967 bits per heavy atom. The molecule has 0 bridgehead atoms. The molecule has 0 unspecified atom stereocenters. The zero-order chi connectivity index (χ0) is 22.5. The standard InChI is InChI=1S/C24H30F4N2/c1-6-16-9-7-8-10-19(16)20-14-21(25)18(13-17(20)11-12-24(26,27)28)15-30-22(29-5)23(2,3)4/h7-10,13-14H,6,11-12,15H2,1-5H3,(H,29,30). The maximum Gasteiger partial charge on any atom is 0.389 e. The van der Waals surface area contributed by atoms with Crippen LogP contribution < -0.4 is 5.32 Å². The number of alkyl halides is 3. The van der Waals surface area contributed by atoms with Crippen LogP contribution in [0.2, 0.25) is 0 Å². The average molecular weight is 423 g/mol. The molecule has 0 fully saturated rings. The van der Waals surface area contributed by atoms with Crippen molar-refractivity contribution < 1.29 is 17.6 Å². The van der Waals surface area contributed by atoms with Gasteiger partial charge in [-0.1, -0.05) is 58.0 Å². The third-order valence-corrected chi connectivity index (χ3v) is 5.02. The number of rotatable bonds is 6. The Morgan fingerprint density at radius 2 is 1.63 bits per heavy atom. The number of hydrogen-bond donors (Lipinski definition) is 1. The first-order valence-electron chi connectivity index (χ1n) is 10.1. The number of nitrogens with zero attached hydrogens (tertiary/aromatic N) is 1. The van der Waals surface area contributed by atoms with Gasteiger partial charge in [0, 0.05) is 31.0 Å². The highest BCUT2D eigenvalue weighted by atomic mass is 19.4. The molecule has 0 heterocycles. The van der Waals surface area contributed by atoms with Crippen molar-refractivity contribution in [3.05, 3.63) is 58.9 Å². The monoisotopic (exact) mass is 422 g/mol. The molecule has 0 aliphatic rings. The van der Waals surface area contributed by atoms with E-state index in [0.29, 0.717) is 28.9 Å². The molecule has 30 heavy (non-hydrogen) atoms. The molecule has 0 saturated heterocycles.